The Morgan fingerprint density at radius 2 is 2.25 bits per heavy atom. The molecule has 0 aromatic carbocycles. The number of rotatable bonds is 6. The maximum atomic E-state index is 11.7. The predicted molar refractivity (Wildman–Crippen MR) is 66.9 cm³/mol. The predicted octanol–water partition coefficient (Wildman–Crippen LogP) is 1.03. The van der Waals surface area contributed by atoms with Crippen molar-refractivity contribution in [2.45, 2.75) is 13.5 Å². The fourth-order valence-electron chi connectivity index (χ4n) is 1.30. The average molecular weight is 353 g/mol. The maximum absolute atomic E-state index is 11.7. The number of nitrogens with zero attached hydrogens (tertiary/aromatic N) is 3. The maximum Gasteiger partial charge on any atom is 0.341 e. The average Bonchev–Trinajstić information content (AvgIpc) is 2.45. The topological polar surface area (TPSA) is 82.9 Å². The van der Waals surface area contributed by atoms with Crippen LogP contribution in [0, 0.1) is 0 Å². The van der Waals surface area contributed by atoms with Gasteiger partial charge in [0.05, 0.1) is 26.2 Å². The van der Waals surface area contributed by atoms with Crippen molar-refractivity contribution in [2.24, 2.45) is 5.16 Å². The summed E-state index contributed by atoms with van der Waals surface area (Å²) in [5.41, 5.74) is 1.15. The van der Waals surface area contributed by atoms with E-state index in [2.05, 4.69) is 26.1 Å². The summed E-state index contributed by atoms with van der Waals surface area (Å²) in [6.45, 7) is 1.68. The molecule has 1 aromatic rings. The second kappa shape index (κ2) is 10.5. The van der Waals surface area contributed by atoms with E-state index in [1.54, 1.807) is 6.92 Å². The molecule has 0 N–H and O–H groups in total. The van der Waals surface area contributed by atoms with Crippen LogP contribution in [-0.2, 0) is 58.4 Å². The van der Waals surface area contributed by atoms with Gasteiger partial charge >= 0.3 is 5.97 Å². The minimum atomic E-state index is -0.552. The quantitative estimate of drug-likeness (QED) is 0.190. The molecule has 1 rings (SSSR count). The molecule has 0 aliphatic carbocycles. The van der Waals surface area contributed by atoms with Gasteiger partial charge in [0.25, 0.3) is 0 Å². The molecule has 0 aliphatic rings. The van der Waals surface area contributed by atoms with E-state index < -0.39 is 5.97 Å². The van der Waals surface area contributed by atoms with Crippen LogP contribution in [0.15, 0.2) is 23.9 Å². The second-order valence-electron chi connectivity index (χ2n) is 3.23. The van der Waals surface area contributed by atoms with Crippen LogP contribution in [0.1, 0.15) is 18.2 Å². The first-order valence-electron chi connectivity index (χ1n) is 5.33. The van der Waals surface area contributed by atoms with Crippen molar-refractivity contribution in [3.63, 3.8) is 0 Å². The number of esters is 1. The smallest absolute Gasteiger partial charge is 0.341 e. The molecule has 0 bridgehead atoms. The van der Waals surface area contributed by atoms with E-state index in [1.165, 1.54) is 33.0 Å². The van der Waals surface area contributed by atoms with Crippen LogP contribution in [0.4, 0.5) is 0 Å². The summed E-state index contributed by atoms with van der Waals surface area (Å²) in [5, 5.41) is 3.50. The molecule has 8 heteroatoms. The fraction of sp³-hybridized carbons (Fsp3) is 0.333. The molecule has 0 fully saturated rings. The molecule has 0 spiro atoms. The van der Waals surface area contributed by atoms with Gasteiger partial charge in [0.2, 0.25) is 0 Å². The molecule has 7 nitrogen and oxygen atoms in total. The van der Waals surface area contributed by atoms with Crippen LogP contribution < -0.4 is 0 Å². The summed E-state index contributed by atoms with van der Waals surface area (Å²) in [5.74, 6) is -0.552. The first-order valence-corrected chi connectivity index (χ1v) is 5.33. The summed E-state index contributed by atoms with van der Waals surface area (Å²) in [4.78, 5) is 24.6. The summed E-state index contributed by atoms with van der Waals surface area (Å²) in [6.07, 6.45) is 6.57. The first kappa shape index (κ1) is 18.7. The van der Waals surface area contributed by atoms with E-state index in [0.29, 0.717) is 11.3 Å². The van der Waals surface area contributed by atoms with Gasteiger partial charge in [0.15, 0.2) is 6.61 Å². The SMILES string of the molecule is C[C-]=NOCc1ncncc1/C(=C\OC)C(=O)OC.[Y]. The number of hydrogen-bond acceptors (Lipinski definition) is 7. The van der Waals surface area contributed by atoms with Crippen molar-refractivity contribution >= 4 is 17.8 Å². The van der Waals surface area contributed by atoms with Crippen LogP contribution in [0.25, 0.3) is 5.57 Å². The van der Waals surface area contributed by atoms with Gasteiger partial charge in [-0.1, -0.05) is 0 Å². The number of aromatic nitrogens is 2. The standard InChI is InChI=1S/C12H14N3O4.Y/c1-4-15-19-7-11-9(5-13-8-14-11)10(6-17-2)12(16)18-3;/h5-6,8H,7H2,1-3H3;/q-1;/b10-6+;. The van der Waals surface area contributed by atoms with Crippen LogP contribution in [0.2, 0.25) is 0 Å². The first-order chi connectivity index (χ1) is 9.24. The summed E-state index contributed by atoms with van der Waals surface area (Å²) < 4.78 is 9.55. The molecule has 0 saturated heterocycles. The third kappa shape index (κ3) is 5.34. The van der Waals surface area contributed by atoms with E-state index in [4.69, 9.17) is 9.57 Å². The minimum Gasteiger partial charge on any atom is -0.503 e. The largest absolute Gasteiger partial charge is 0.503 e. The molecule has 0 amide bonds. The molecule has 0 atom stereocenters. The van der Waals surface area contributed by atoms with E-state index >= 15 is 0 Å². The molecule has 1 heterocycles. The van der Waals surface area contributed by atoms with Gasteiger partial charge in [-0.15, -0.1) is 0 Å². The Bertz CT molecular complexity index is 491. The summed E-state index contributed by atoms with van der Waals surface area (Å²) >= 11 is 0. The molecule has 105 valence electrons. The van der Waals surface area contributed by atoms with Crippen molar-refractivity contribution in [3.05, 3.63) is 30.0 Å². The number of methoxy groups -OCH3 is 2. The molecule has 0 aliphatic heterocycles. The second-order valence-corrected chi connectivity index (χ2v) is 3.23. The zero-order valence-electron chi connectivity index (χ0n) is 11.5. The Balaban J connectivity index is 0.00000361. The van der Waals surface area contributed by atoms with Gasteiger partial charge < -0.3 is 25.7 Å². The molecular formula is C12H14N3O4Y-. The van der Waals surface area contributed by atoms with E-state index in [9.17, 15) is 4.79 Å². The molecule has 20 heavy (non-hydrogen) atoms. The normalized spacial score (nSPS) is 10.8. The van der Waals surface area contributed by atoms with Crippen LogP contribution in [0.5, 0.6) is 0 Å². The molecule has 0 unspecified atom stereocenters. The van der Waals surface area contributed by atoms with Gasteiger partial charge in [-0.05, 0) is 0 Å². The monoisotopic (exact) mass is 353 g/mol. The van der Waals surface area contributed by atoms with E-state index in [1.807, 2.05) is 0 Å². The minimum absolute atomic E-state index is 0. The van der Waals surface area contributed by atoms with Crippen LogP contribution in [-0.4, -0.2) is 36.4 Å². The van der Waals surface area contributed by atoms with Gasteiger partial charge in [-0.3, -0.25) is 0 Å². The Morgan fingerprint density at radius 3 is 2.85 bits per heavy atom. The third-order valence-corrected chi connectivity index (χ3v) is 2.08. The Morgan fingerprint density at radius 1 is 1.50 bits per heavy atom. The molecule has 0 saturated carbocycles. The van der Waals surface area contributed by atoms with Crippen molar-refractivity contribution < 1.29 is 51.8 Å². The fourth-order valence-corrected chi connectivity index (χ4v) is 1.30. The van der Waals surface area contributed by atoms with E-state index in [-0.39, 0.29) is 44.9 Å². The van der Waals surface area contributed by atoms with Gasteiger partial charge in [-0.25, -0.2) is 14.8 Å². The Kier molecular flexibility index (Phi) is 9.75. The zero-order chi connectivity index (χ0) is 14.1. The van der Waals surface area contributed by atoms with Crippen LogP contribution >= 0.6 is 0 Å². The van der Waals surface area contributed by atoms with Gasteiger partial charge in [0.1, 0.15) is 11.9 Å². The zero-order valence-corrected chi connectivity index (χ0v) is 14.3. The van der Waals surface area contributed by atoms with Crippen molar-refractivity contribution in [3.8, 4) is 0 Å². The summed E-state index contributed by atoms with van der Waals surface area (Å²) in [7, 11) is 2.71. The Hall–Kier alpha value is -1.34. The van der Waals surface area contributed by atoms with Gasteiger partial charge in [0, 0.05) is 44.5 Å². The Labute approximate surface area is 142 Å². The van der Waals surface area contributed by atoms with E-state index in [0.717, 1.165) is 0 Å². The molecular weight excluding hydrogens is 339 g/mol. The number of ether oxygens (including phenoxy) is 2. The van der Waals surface area contributed by atoms with Crippen molar-refractivity contribution in [1.82, 2.24) is 9.97 Å². The molecule has 1 aromatic heterocycles. The van der Waals surface area contributed by atoms with Crippen molar-refractivity contribution in [2.75, 3.05) is 14.2 Å². The summed E-state index contributed by atoms with van der Waals surface area (Å²) in [6, 6.07) is 0. The van der Waals surface area contributed by atoms with Crippen LogP contribution in [0.3, 0.4) is 0 Å². The number of hydrogen-bond donors (Lipinski definition) is 0. The molecule has 1 radical (unpaired) electrons. The number of carbonyl (C=O) groups is 1. The number of carbonyl (C=O) groups excluding carboxylic acids is 1. The third-order valence-electron chi connectivity index (χ3n) is 2.08. The van der Waals surface area contributed by atoms with Crippen molar-refractivity contribution in [1.29, 1.82) is 0 Å². The van der Waals surface area contributed by atoms with Gasteiger partial charge in [-0.2, -0.15) is 6.92 Å².